The Hall–Kier alpha value is -3.04. The van der Waals surface area contributed by atoms with Gasteiger partial charge in [-0.25, -0.2) is 4.79 Å². The molecule has 4 heterocycles. The minimum atomic E-state index is -0.481. The Labute approximate surface area is 223 Å². The first kappa shape index (κ1) is 25.2. The molecule has 1 atom stereocenters. The second-order valence-corrected chi connectivity index (χ2v) is 11.5. The van der Waals surface area contributed by atoms with Crippen LogP contribution in [0.25, 0.3) is 10.9 Å². The molecule has 9 heteroatoms. The molecule has 0 unspecified atom stereocenters. The predicted molar refractivity (Wildman–Crippen MR) is 146 cm³/mol. The Morgan fingerprint density at radius 2 is 2.03 bits per heavy atom. The lowest BCUT2D eigenvalue weighted by Crippen LogP contribution is -2.56. The number of ether oxygens (including phenoxy) is 1. The molecule has 2 aromatic heterocycles. The summed E-state index contributed by atoms with van der Waals surface area (Å²) in [7, 11) is 1.67. The molecule has 2 amide bonds. The van der Waals surface area contributed by atoms with Crippen molar-refractivity contribution in [3.05, 3.63) is 40.9 Å². The second-order valence-electron chi connectivity index (χ2n) is 11.5. The molecule has 3 aromatic rings. The van der Waals surface area contributed by atoms with E-state index in [9.17, 15) is 9.90 Å². The monoisotopic (exact) mass is 521 g/mol. The zero-order valence-corrected chi connectivity index (χ0v) is 22.7. The third kappa shape index (κ3) is 4.25. The maximum Gasteiger partial charge on any atom is 0.322 e. The van der Waals surface area contributed by atoms with Crippen LogP contribution in [0.2, 0.25) is 0 Å². The summed E-state index contributed by atoms with van der Waals surface area (Å²) in [6.45, 7) is 7.20. The molecule has 1 spiro atoms. The zero-order chi connectivity index (χ0) is 26.4. The number of hydrogen-bond donors (Lipinski definition) is 3. The molecule has 38 heavy (non-hydrogen) atoms. The quantitative estimate of drug-likeness (QED) is 0.442. The van der Waals surface area contributed by atoms with Crippen LogP contribution >= 0.6 is 0 Å². The van der Waals surface area contributed by atoms with Crippen LogP contribution in [0.15, 0.2) is 22.7 Å². The number of methoxy groups -OCH3 is 1. The number of aliphatic hydroxyl groups excluding tert-OH is 1. The van der Waals surface area contributed by atoms with Gasteiger partial charge in [-0.05, 0) is 76.2 Å². The van der Waals surface area contributed by atoms with Crippen molar-refractivity contribution in [2.24, 2.45) is 5.92 Å². The number of hydrogen-bond acceptors (Lipinski definition) is 6. The van der Waals surface area contributed by atoms with Crippen LogP contribution in [-0.4, -0.2) is 71.0 Å². The maximum atomic E-state index is 13.8. The van der Waals surface area contributed by atoms with E-state index >= 15 is 0 Å². The van der Waals surface area contributed by atoms with Crippen LogP contribution in [-0.2, 0) is 5.41 Å². The summed E-state index contributed by atoms with van der Waals surface area (Å²) in [5.41, 5.74) is 4.21. The molecule has 3 N–H and O–H groups in total. The van der Waals surface area contributed by atoms with Gasteiger partial charge in [-0.15, -0.1) is 0 Å². The third-order valence-electron chi connectivity index (χ3n) is 9.25. The van der Waals surface area contributed by atoms with Gasteiger partial charge in [0.1, 0.15) is 17.1 Å². The van der Waals surface area contributed by atoms with Gasteiger partial charge in [0, 0.05) is 41.2 Å². The number of aryl methyl sites for hydroxylation is 2. The lowest BCUT2D eigenvalue weighted by molar-refractivity contribution is 0.0685. The molecule has 1 saturated carbocycles. The van der Waals surface area contributed by atoms with Gasteiger partial charge in [0.15, 0.2) is 5.76 Å². The van der Waals surface area contributed by atoms with Gasteiger partial charge < -0.3 is 34.5 Å². The smallest absolute Gasteiger partial charge is 0.322 e. The Balaban J connectivity index is 1.37. The number of aliphatic hydroxyl groups is 1. The van der Waals surface area contributed by atoms with Crippen LogP contribution in [0.4, 0.5) is 10.5 Å². The molecule has 6 rings (SSSR count). The number of fused-ring (bicyclic) bond motifs is 4. The molecule has 2 fully saturated rings. The number of piperidine rings is 1. The highest BCUT2D eigenvalue weighted by Crippen LogP contribution is 2.49. The minimum absolute atomic E-state index is 0.171. The number of urea groups is 1. The van der Waals surface area contributed by atoms with Gasteiger partial charge in [-0.3, -0.25) is 0 Å². The van der Waals surface area contributed by atoms with Crippen molar-refractivity contribution >= 4 is 22.6 Å². The van der Waals surface area contributed by atoms with E-state index in [0.29, 0.717) is 23.7 Å². The fourth-order valence-electron chi connectivity index (χ4n) is 7.19. The number of amides is 2. The lowest BCUT2D eigenvalue weighted by Gasteiger charge is -2.50. The SMILES string of the molecule is COc1ccc2c3c([nH]c2c1)[C@@H](CO)N(C(=O)Nc1c(C)noc1C)CC31CCN(CC2CCCC2)CC1. The standard InChI is InChI=1S/C29H39N5O4/c1-18-26(19(2)38-32-18)31-28(36)34-17-29(10-12-33(13-11-29)15-20-6-4-5-7-20)25-22-9-8-21(37-3)14-23(22)30-27(25)24(34)16-35/h8-9,14,20,24,30,35H,4-7,10-13,15-17H2,1-3H3,(H,31,36)/t24-/m1/s1. The van der Waals surface area contributed by atoms with E-state index in [0.717, 1.165) is 54.2 Å². The highest BCUT2D eigenvalue weighted by Gasteiger charge is 2.49. The third-order valence-corrected chi connectivity index (χ3v) is 9.25. The van der Waals surface area contributed by atoms with Crippen molar-refractivity contribution < 1.29 is 19.2 Å². The van der Waals surface area contributed by atoms with Crippen LogP contribution < -0.4 is 10.1 Å². The maximum absolute atomic E-state index is 13.8. The number of aromatic amines is 1. The largest absolute Gasteiger partial charge is 0.497 e. The highest BCUT2D eigenvalue weighted by atomic mass is 16.5. The number of anilines is 1. The first-order valence-electron chi connectivity index (χ1n) is 14.0. The second kappa shape index (κ2) is 9.93. The Morgan fingerprint density at radius 1 is 1.26 bits per heavy atom. The molecule has 1 aliphatic carbocycles. The topological polar surface area (TPSA) is 107 Å². The van der Waals surface area contributed by atoms with E-state index < -0.39 is 6.04 Å². The van der Waals surface area contributed by atoms with Gasteiger partial charge in [0.05, 0.1) is 19.8 Å². The molecule has 0 radical (unpaired) electrons. The van der Waals surface area contributed by atoms with Crippen molar-refractivity contribution in [3.63, 3.8) is 0 Å². The minimum Gasteiger partial charge on any atom is -0.497 e. The molecule has 1 aromatic carbocycles. The van der Waals surface area contributed by atoms with Crippen LogP contribution in [0.3, 0.4) is 0 Å². The number of H-pyrrole nitrogens is 1. The number of rotatable bonds is 5. The molecule has 204 valence electrons. The average Bonchev–Trinajstić information content (AvgIpc) is 3.65. The normalized spacial score (nSPS) is 21.8. The summed E-state index contributed by atoms with van der Waals surface area (Å²) < 4.78 is 10.8. The van der Waals surface area contributed by atoms with Crippen LogP contribution in [0.5, 0.6) is 5.75 Å². The number of nitrogens with zero attached hydrogens (tertiary/aromatic N) is 3. The molecule has 2 aliphatic heterocycles. The van der Waals surface area contributed by atoms with Gasteiger partial charge in [0.25, 0.3) is 0 Å². The Morgan fingerprint density at radius 3 is 2.68 bits per heavy atom. The van der Waals surface area contributed by atoms with E-state index in [2.05, 4.69) is 26.4 Å². The molecule has 3 aliphatic rings. The number of carbonyl (C=O) groups is 1. The summed E-state index contributed by atoms with van der Waals surface area (Å²) >= 11 is 0. The number of benzene rings is 1. The van der Waals surface area contributed by atoms with E-state index in [1.54, 1.807) is 14.0 Å². The van der Waals surface area contributed by atoms with E-state index in [-0.39, 0.29) is 18.1 Å². The van der Waals surface area contributed by atoms with Crippen LogP contribution in [0, 0.1) is 19.8 Å². The van der Waals surface area contributed by atoms with Crippen molar-refractivity contribution in [1.82, 2.24) is 19.9 Å². The number of nitrogens with one attached hydrogen (secondary N) is 2. The first-order chi connectivity index (χ1) is 18.4. The van der Waals surface area contributed by atoms with Crippen LogP contribution in [0.1, 0.15) is 67.3 Å². The highest BCUT2D eigenvalue weighted by molar-refractivity contribution is 5.93. The average molecular weight is 522 g/mol. The predicted octanol–water partition coefficient (Wildman–Crippen LogP) is 4.89. The van der Waals surface area contributed by atoms with Crippen molar-refractivity contribution in [2.75, 3.05) is 45.2 Å². The lowest BCUT2D eigenvalue weighted by atomic mass is 9.68. The number of aromatic nitrogens is 2. The number of likely N-dealkylation sites (tertiary alicyclic amines) is 1. The Kier molecular flexibility index (Phi) is 6.60. The van der Waals surface area contributed by atoms with Crippen molar-refractivity contribution in [2.45, 2.75) is 63.8 Å². The zero-order valence-electron chi connectivity index (χ0n) is 22.7. The summed E-state index contributed by atoms with van der Waals surface area (Å²) in [5, 5.41) is 18.8. The first-order valence-corrected chi connectivity index (χ1v) is 14.0. The Bertz CT molecular complexity index is 1300. The number of carbonyl (C=O) groups excluding carboxylic acids is 1. The summed E-state index contributed by atoms with van der Waals surface area (Å²) in [5.74, 6) is 2.18. The molecule has 9 nitrogen and oxygen atoms in total. The van der Waals surface area contributed by atoms with E-state index in [4.69, 9.17) is 9.26 Å². The molecular weight excluding hydrogens is 482 g/mol. The van der Waals surface area contributed by atoms with Crippen molar-refractivity contribution in [3.8, 4) is 5.75 Å². The fourth-order valence-corrected chi connectivity index (χ4v) is 7.19. The fraction of sp³-hybridized carbons (Fsp3) is 0.586. The van der Waals surface area contributed by atoms with Gasteiger partial charge in [0.2, 0.25) is 0 Å². The van der Waals surface area contributed by atoms with Gasteiger partial charge in [-0.1, -0.05) is 18.0 Å². The summed E-state index contributed by atoms with van der Waals surface area (Å²) in [6, 6.07) is 5.42. The summed E-state index contributed by atoms with van der Waals surface area (Å²) in [6.07, 6.45) is 7.37. The van der Waals surface area contributed by atoms with Gasteiger partial charge in [-0.2, -0.15) is 0 Å². The van der Waals surface area contributed by atoms with Crippen molar-refractivity contribution in [1.29, 1.82) is 0 Å². The molecular formula is C29H39N5O4. The molecule has 0 bridgehead atoms. The summed E-state index contributed by atoms with van der Waals surface area (Å²) in [4.78, 5) is 21.8. The van der Waals surface area contributed by atoms with E-state index in [1.165, 1.54) is 37.8 Å². The van der Waals surface area contributed by atoms with E-state index in [1.807, 2.05) is 24.0 Å². The molecule has 1 saturated heterocycles. The van der Waals surface area contributed by atoms with Gasteiger partial charge >= 0.3 is 6.03 Å².